The van der Waals surface area contributed by atoms with Crippen LogP contribution < -0.4 is 0 Å². The molecule has 1 fully saturated rings. The Labute approximate surface area is 164 Å². The highest BCUT2D eigenvalue weighted by molar-refractivity contribution is 6.06. The molecule has 3 heterocycles. The van der Waals surface area contributed by atoms with E-state index >= 15 is 0 Å². The first-order valence-corrected chi connectivity index (χ1v) is 9.37. The van der Waals surface area contributed by atoms with Crippen LogP contribution in [0.3, 0.4) is 0 Å². The van der Waals surface area contributed by atoms with Gasteiger partial charge in [-0.1, -0.05) is 24.3 Å². The molecule has 6 nitrogen and oxygen atoms in total. The minimum absolute atomic E-state index is 0.0946. The summed E-state index contributed by atoms with van der Waals surface area (Å²) in [5.74, 6) is 0.0946. The lowest BCUT2D eigenvalue weighted by atomic mass is 9.85. The maximum Gasteiger partial charge on any atom is 0.410 e. The smallest absolute Gasteiger partial charge is 0.410 e. The molecule has 0 bridgehead atoms. The van der Waals surface area contributed by atoms with E-state index in [4.69, 9.17) is 4.74 Å². The molecule has 4 rings (SSSR count). The number of nitrogens with zero attached hydrogens (tertiary/aromatic N) is 2. The van der Waals surface area contributed by atoms with Gasteiger partial charge < -0.3 is 19.3 Å². The van der Waals surface area contributed by atoms with Crippen molar-refractivity contribution in [2.75, 3.05) is 13.1 Å². The van der Waals surface area contributed by atoms with Gasteiger partial charge in [-0.15, -0.1) is 0 Å². The van der Waals surface area contributed by atoms with Gasteiger partial charge in [-0.25, -0.2) is 4.79 Å². The van der Waals surface area contributed by atoms with Crippen LogP contribution in [0, 0.1) is 0 Å². The summed E-state index contributed by atoms with van der Waals surface area (Å²) >= 11 is 0. The number of allylic oxidation sites excluding steroid dienone is 1. The van der Waals surface area contributed by atoms with Crippen molar-refractivity contribution in [2.45, 2.75) is 38.4 Å². The SMILES string of the molecule is CC(C)(C)OC(=O)N1CC(O)(c2ccc(C3=Cn4cccc4C(=O)C3)cc2)C1. The van der Waals surface area contributed by atoms with Crippen molar-refractivity contribution >= 4 is 23.6 Å². The summed E-state index contributed by atoms with van der Waals surface area (Å²) in [5, 5.41) is 10.8. The molecule has 1 aromatic heterocycles. The van der Waals surface area contributed by atoms with Crippen molar-refractivity contribution in [1.29, 1.82) is 0 Å². The molecule has 0 atom stereocenters. The van der Waals surface area contributed by atoms with E-state index in [1.807, 2.05) is 74.1 Å². The number of β-amino-alcohol motifs (C(OH)–C–C–N with tert-alkyl or cyclic N) is 1. The highest BCUT2D eigenvalue weighted by Crippen LogP contribution is 2.34. The van der Waals surface area contributed by atoms with Crippen molar-refractivity contribution in [3.05, 3.63) is 59.4 Å². The number of hydrogen-bond donors (Lipinski definition) is 1. The Bertz CT molecular complexity index is 957. The Kier molecular flexibility index (Phi) is 4.19. The Morgan fingerprint density at radius 1 is 1.14 bits per heavy atom. The number of aliphatic hydroxyl groups is 1. The third kappa shape index (κ3) is 3.36. The number of amides is 1. The first kappa shape index (κ1) is 18.5. The van der Waals surface area contributed by atoms with Crippen molar-refractivity contribution in [3.8, 4) is 0 Å². The molecule has 0 saturated carbocycles. The molecule has 146 valence electrons. The van der Waals surface area contributed by atoms with Gasteiger partial charge in [0.05, 0.1) is 18.8 Å². The number of hydrogen-bond acceptors (Lipinski definition) is 4. The number of fused-ring (bicyclic) bond motifs is 1. The molecule has 2 aromatic rings. The predicted molar refractivity (Wildman–Crippen MR) is 106 cm³/mol. The quantitative estimate of drug-likeness (QED) is 0.865. The topological polar surface area (TPSA) is 71.8 Å². The average molecular weight is 380 g/mol. The van der Waals surface area contributed by atoms with Gasteiger partial charge in [-0.05, 0) is 49.6 Å². The van der Waals surface area contributed by atoms with E-state index < -0.39 is 17.3 Å². The minimum atomic E-state index is -1.07. The molecular formula is C22H24N2O4. The summed E-state index contributed by atoms with van der Waals surface area (Å²) < 4.78 is 7.18. The number of ether oxygens (including phenoxy) is 1. The van der Waals surface area contributed by atoms with Crippen LogP contribution in [-0.2, 0) is 10.3 Å². The predicted octanol–water partition coefficient (Wildman–Crippen LogP) is 3.51. The summed E-state index contributed by atoms with van der Waals surface area (Å²) in [6.07, 6.45) is 3.78. The van der Waals surface area contributed by atoms with Gasteiger partial charge in [0, 0.05) is 18.8 Å². The second-order valence-electron chi connectivity index (χ2n) is 8.50. The Morgan fingerprint density at radius 3 is 2.46 bits per heavy atom. The molecule has 2 aliphatic rings. The lowest BCUT2D eigenvalue weighted by Crippen LogP contribution is -2.61. The highest BCUT2D eigenvalue weighted by atomic mass is 16.6. The fourth-order valence-corrected chi connectivity index (χ4v) is 3.61. The second kappa shape index (κ2) is 6.34. The van der Waals surface area contributed by atoms with Crippen LogP contribution in [0.1, 0.15) is 48.8 Å². The van der Waals surface area contributed by atoms with E-state index in [9.17, 15) is 14.7 Å². The molecule has 1 aromatic carbocycles. The first-order valence-electron chi connectivity index (χ1n) is 9.37. The molecule has 6 heteroatoms. The van der Waals surface area contributed by atoms with Crippen LogP contribution in [0.25, 0.3) is 11.8 Å². The lowest BCUT2D eigenvalue weighted by Gasteiger charge is -2.46. The molecule has 2 aliphatic heterocycles. The van der Waals surface area contributed by atoms with Gasteiger partial charge in [0.15, 0.2) is 5.78 Å². The summed E-state index contributed by atoms with van der Waals surface area (Å²) in [6.45, 7) is 5.86. The Hall–Kier alpha value is -2.86. The zero-order valence-electron chi connectivity index (χ0n) is 16.3. The standard InChI is InChI=1S/C22H24N2O4/c1-21(2,3)28-20(26)24-13-22(27,14-24)17-8-6-15(7-9-17)16-11-19(25)18-5-4-10-23(18)12-16/h4-10,12,27H,11,13-14H2,1-3H3. The van der Waals surface area contributed by atoms with Crippen molar-refractivity contribution in [1.82, 2.24) is 9.47 Å². The number of Topliss-reactive ketones (excluding diaryl/α,β-unsaturated/α-hetero) is 1. The van der Waals surface area contributed by atoms with E-state index in [1.54, 1.807) is 0 Å². The summed E-state index contributed by atoms with van der Waals surface area (Å²) in [7, 11) is 0. The summed E-state index contributed by atoms with van der Waals surface area (Å²) in [6, 6.07) is 11.2. The fourth-order valence-electron chi connectivity index (χ4n) is 3.61. The normalized spacial score (nSPS) is 18.2. The molecule has 0 spiro atoms. The number of ketones is 1. The van der Waals surface area contributed by atoms with E-state index in [2.05, 4.69) is 0 Å². The largest absolute Gasteiger partial charge is 0.444 e. The number of carbonyl (C=O) groups excluding carboxylic acids is 2. The van der Waals surface area contributed by atoms with E-state index in [0.29, 0.717) is 12.1 Å². The van der Waals surface area contributed by atoms with Gasteiger partial charge in [0.2, 0.25) is 0 Å². The minimum Gasteiger partial charge on any atom is -0.444 e. The highest BCUT2D eigenvalue weighted by Gasteiger charge is 2.46. The van der Waals surface area contributed by atoms with Crippen molar-refractivity contribution in [3.63, 3.8) is 0 Å². The third-order valence-electron chi connectivity index (χ3n) is 5.06. The number of rotatable bonds is 2. The van der Waals surface area contributed by atoms with Crippen LogP contribution in [0.15, 0.2) is 42.6 Å². The van der Waals surface area contributed by atoms with Gasteiger partial charge in [-0.3, -0.25) is 4.79 Å². The zero-order valence-corrected chi connectivity index (χ0v) is 16.3. The van der Waals surface area contributed by atoms with Gasteiger partial charge in [-0.2, -0.15) is 0 Å². The van der Waals surface area contributed by atoms with Crippen LogP contribution in [0.4, 0.5) is 4.79 Å². The number of carbonyl (C=O) groups is 2. The van der Waals surface area contributed by atoms with E-state index in [0.717, 1.165) is 16.7 Å². The first-order chi connectivity index (χ1) is 13.1. The maximum absolute atomic E-state index is 12.3. The van der Waals surface area contributed by atoms with Crippen molar-refractivity contribution in [2.24, 2.45) is 0 Å². The zero-order chi connectivity index (χ0) is 20.1. The monoisotopic (exact) mass is 380 g/mol. The molecule has 28 heavy (non-hydrogen) atoms. The summed E-state index contributed by atoms with van der Waals surface area (Å²) in [5.41, 5.74) is 1.71. The Balaban J connectivity index is 1.46. The summed E-state index contributed by atoms with van der Waals surface area (Å²) in [4.78, 5) is 25.8. The van der Waals surface area contributed by atoms with Gasteiger partial charge in [0.1, 0.15) is 11.2 Å². The molecule has 0 radical (unpaired) electrons. The average Bonchev–Trinajstić information content (AvgIpc) is 3.07. The van der Waals surface area contributed by atoms with Gasteiger partial charge in [0.25, 0.3) is 0 Å². The van der Waals surface area contributed by atoms with Crippen LogP contribution in [0.2, 0.25) is 0 Å². The number of aromatic nitrogens is 1. The van der Waals surface area contributed by atoms with E-state index in [-0.39, 0.29) is 18.9 Å². The van der Waals surface area contributed by atoms with Crippen LogP contribution in [0.5, 0.6) is 0 Å². The van der Waals surface area contributed by atoms with Gasteiger partial charge >= 0.3 is 6.09 Å². The molecular weight excluding hydrogens is 356 g/mol. The lowest BCUT2D eigenvalue weighted by molar-refractivity contribution is -0.103. The molecule has 1 N–H and O–H groups in total. The maximum atomic E-state index is 12.3. The molecule has 0 unspecified atom stereocenters. The second-order valence-corrected chi connectivity index (χ2v) is 8.50. The van der Waals surface area contributed by atoms with Crippen LogP contribution >= 0.6 is 0 Å². The van der Waals surface area contributed by atoms with Crippen LogP contribution in [-0.4, -0.2) is 45.1 Å². The number of benzene rings is 1. The van der Waals surface area contributed by atoms with Crippen molar-refractivity contribution < 1.29 is 19.4 Å². The van der Waals surface area contributed by atoms with E-state index in [1.165, 1.54) is 4.90 Å². The fraction of sp³-hybridized carbons (Fsp3) is 0.364. The Morgan fingerprint density at radius 2 is 1.82 bits per heavy atom. The molecule has 1 amide bonds. The molecule has 1 saturated heterocycles. The third-order valence-corrected chi connectivity index (χ3v) is 5.06. The molecule has 0 aliphatic carbocycles. The number of likely N-dealkylation sites (tertiary alicyclic amines) is 1.